The van der Waals surface area contributed by atoms with Crippen LogP contribution < -0.4 is 5.73 Å². The molecular weight excluding hydrogens is 273 g/mol. The summed E-state index contributed by atoms with van der Waals surface area (Å²) in [5.41, 5.74) is 5.25. The summed E-state index contributed by atoms with van der Waals surface area (Å²) in [6, 6.07) is -0.469. The highest BCUT2D eigenvalue weighted by Gasteiger charge is 2.29. The van der Waals surface area contributed by atoms with Crippen LogP contribution >= 0.6 is 0 Å². The molecule has 0 spiro atoms. The molecule has 1 aliphatic heterocycles. The Morgan fingerprint density at radius 1 is 1.00 bits per heavy atom. The van der Waals surface area contributed by atoms with E-state index in [4.69, 9.17) is 5.73 Å². The van der Waals surface area contributed by atoms with Gasteiger partial charge < -0.3 is 15.5 Å². The van der Waals surface area contributed by atoms with Crippen molar-refractivity contribution in [2.24, 2.45) is 11.7 Å². The normalized spacial score (nSPS) is 22.7. The Balaban J connectivity index is 1.82. The average Bonchev–Trinajstić information content (AvgIpc) is 2.73. The second-order valence-electron chi connectivity index (χ2n) is 6.21. The zero-order valence-corrected chi connectivity index (χ0v) is 12.6. The Kier molecular flexibility index (Phi) is 5.82. The Morgan fingerprint density at radius 3 is 2.29 bits per heavy atom. The molecule has 3 amide bonds. The SMILES string of the molecule is NC(=O)N1CCCN(C(=O)C(F)CC2CCCCC2)CC1. The number of amides is 3. The predicted octanol–water partition coefficient (Wildman–Crippen LogP) is 1.91. The van der Waals surface area contributed by atoms with Crippen molar-refractivity contribution in [1.29, 1.82) is 0 Å². The summed E-state index contributed by atoms with van der Waals surface area (Å²) in [6.45, 7) is 1.83. The van der Waals surface area contributed by atoms with E-state index in [1.165, 1.54) is 11.3 Å². The van der Waals surface area contributed by atoms with Gasteiger partial charge in [-0.15, -0.1) is 0 Å². The summed E-state index contributed by atoms with van der Waals surface area (Å²) in [4.78, 5) is 26.4. The fourth-order valence-electron chi connectivity index (χ4n) is 3.37. The molecule has 1 saturated heterocycles. The molecule has 0 bridgehead atoms. The summed E-state index contributed by atoms with van der Waals surface area (Å²) >= 11 is 0. The standard InChI is InChI=1S/C15H26FN3O2/c16-13(11-12-5-2-1-3-6-12)14(20)18-7-4-8-19(10-9-18)15(17)21/h12-13H,1-11H2,(H2,17,21). The molecule has 0 radical (unpaired) electrons. The monoisotopic (exact) mass is 299 g/mol. The number of carbonyl (C=O) groups is 2. The molecule has 5 nitrogen and oxygen atoms in total. The lowest BCUT2D eigenvalue weighted by Crippen LogP contribution is -2.42. The van der Waals surface area contributed by atoms with Gasteiger partial charge in [-0.05, 0) is 18.8 Å². The van der Waals surface area contributed by atoms with Crippen molar-refractivity contribution >= 4 is 11.9 Å². The predicted molar refractivity (Wildman–Crippen MR) is 78.4 cm³/mol. The molecule has 2 aliphatic rings. The fraction of sp³-hybridized carbons (Fsp3) is 0.867. The zero-order chi connectivity index (χ0) is 15.2. The van der Waals surface area contributed by atoms with Gasteiger partial charge in [0.25, 0.3) is 5.91 Å². The number of alkyl halides is 1. The summed E-state index contributed by atoms with van der Waals surface area (Å²) in [5, 5.41) is 0. The number of nitrogens with zero attached hydrogens (tertiary/aromatic N) is 2. The molecule has 1 unspecified atom stereocenters. The van der Waals surface area contributed by atoms with E-state index in [-0.39, 0.29) is 0 Å². The van der Waals surface area contributed by atoms with Crippen LogP contribution in [0.2, 0.25) is 0 Å². The summed E-state index contributed by atoms with van der Waals surface area (Å²) < 4.78 is 14.3. The third-order valence-electron chi connectivity index (χ3n) is 4.65. The van der Waals surface area contributed by atoms with Crippen molar-refractivity contribution in [3.05, 3.63) is 0 Å². The van der Waals surface area contributed by atoms with Crippen molar-refractivity contribution in [3.63, 3.8) is 0 Å². The van der Waals surface area contributed by atoms with Crippen molar-refractivity contribution < 1.29 is 14.0 Å². The number of primary amides is 1. The second kappa shape index (κ2) is 7.61. The first kappa shape index (κ1) is 16.0. The van der Waals surface area contributed by atoms with E-state index < -0.39 is 18.1 Å². The highest BCUT2D eigenvalue weighted by molar-refractivity contribution is 5.81. The lowest BCUT2D eigenvalue weighted by molar-refractivity contribution is -0.137. The van der Waals surface area contributed by atoms with E-state index >= 15 is 0 Å². The van der Waals surface area contributed by atoms with Gasteiger partial charge in [0.1, 0.15) is 0 Å². The van der Waals surface area contributed by atoms with Crippen molar-refractivity contribution in [2.45, 2.75) is 51.1 Å². The third-order valence-corrected chi connectivity index (χ3v) is 4.65. The molecule has 21 heavy (non-hydrogen) atoms. The fourth-order valence-corrected chi connectivity index (χ4v) is 3.37. The maximum absolute atomic E-state index is 14.3. The lowest BCUT2D eigenvalue weighted by Gasteiger charge is -2.26. The first-order valence-corrected chi connectivity index (χ1v) is 8.05. The quantitative estimate of drug-likeness (QED) is 0.865. The van der Waals surface area contributed by atoms with Crippen molar-refractivity contribution in [1.82, 2.24) is 9.80 Å². The topological polar surface area (TPSA) is 66.6 Å². The van der Waals surface area contributed by atoms with Gasteiger partial charge in [0.2, 0.25) is 0 Å². The van der Waals surface area contributed by atoms with E-state index in [1.807, 2.05) is 0 Å². The first-order chi connectivity index (χ1) is 10.1. The number of nitrogens with two attached hydrogens (primary N) is 1. The number of rotatable bonds is 3. The molecule has 0 aromatic carbocycles. The van der Waals surface area contributed by atoms with Crippen LogP contribution in [0.25, 0.3) is 0 Å². The van der Waals surface area contributed by atoms with Crippen LogP contribution in [-0.2, 0) is 4.79 Å². The van der Waals surface area contributed by atoms with Crippen LogP contribution in [0.15, 0.2) is 0 Å². The molecule has 1 saturated carbocycles. The largest absolute Gasteiger partial charge is 0.351 e. The van der Waals surface area contributed by atoms with Gasteiger partial charge in [-0.3, -0.25) is 4.79 Å². The van der Waals surface area contributed by atoms with Gasteiger partial charge in [0.05, 0.1) is 0 Å². The van der Waals surface area contributed by atoms with Gasteiger partial charge >= 0.3 is 6.03 Å². The minimum atomic E-state index is -1.40. The molecule has 2 rings (SSSR count). The van der Waals surface area contributed by atoms with Gasteiger partial charge in [-0.25, -0.2) is 9.18 Å². The number of halogens is 1. The minimum absolute atomic E-state index is 0.354. The molecule has 1 aliphatic carbocycles. The maximum Gasteiger partial charge on any atom is 0.314 e. The molecule has 2 N–H and O–H groups in total. The highest BCUT2D eigenvalue weighted by Crippen LogP contribution is 2.28. The average molecular weight is 299 g/mol. The van der Waals surface area contributed by atoms with E-state index in [0.717, 1.165) is 25.7 Å². The molecule has 0 aromatic heterocycles. The van der Waals surface area contributed by atoms with Crippen molar-refractivity contribution in [3.8, 4) is 0 Å². The van der Waals surface area contributed by atoms with Gasteiger partial charge in [-0.2, -0.15) is 0 Å². The van der Waals surface area contributed by atoms with Crippen LogP contribution in [0, 0.1) is 5.92 Å². The number of hydrogen-bond donors (Lipinski definition) is 1. The molecule has 2 fully saturated rings. The Hall–Kier alpha value is -1.33. The van der Waals surface area contributed by atoms with E-state index in [0.29, 0.717) is 44.9 Å². The van der Waals surface area contributed by atoms with E-state index in [2.05, 4.69) is 0 Å². The summed E-state index contributed by atoms with van der Waals surface area (Å²) in [5.74, 6) is -0.0568. The van der Waals surface area contributed by atoms with Crippen LogP contribution in [0.1, 0.15) is 44.9 Å². The van der Waals surface area contributed by atoms with Gasteiger partial charge in [-0.1, -0.05) is 32.1 Å². The number of carbonyl (C=O) groups excluding carboxylic acids is 2. The maximum atomic E-state index is 14.3. The summed E-state index contributed by atoms with van der Waals surface area (Å²) in [6.07, 6.45) is 5.25. The number of hydrogen-bond acceptors (Lipinski definition) is 2. The van der Waals surface area contributed by atoms with Gasteiger partial charge in [0.15, 0.2) is 6.17 Å². The van der Waals surface area contributed by atoms with Crippen LogP contribution in [0.5, 0.6) is 0 Å². The van der Waals surface area contributed by atoms with Crippen LogP contribution in [0.4, 0.5) is 9.18 Å². The minimum Gasteiger partial charge on any atom is -0.351 e. The smallest absolute Gasteiger partial charge is 0.314 e. The van der Waals surface area contributed by atoms with E-state index in [9.17, 15) is 14.0 Å². The molecule has 6 heteroatoms. The summed E-state index contributed by atoms with van der Waals surface area (Å²) in [7, 11) is 0. The Bertz CT molecular complexity index is 372. The highest BCUT2D eigenvalue weighted by atomic mass is 19.1. The van der Waals surface area contributed by atoms with Crippen LogP contribution in [-0.4, -0.2) is 54.1 Å². The third kappa shape index (κ3) is 4.58. The second-order valence-corrected chi connectivity index (χ2v) is 6.21. The lowest BCUT2D eigenvalue weighted by atomic mass is 9.85. The molecule has 0 aromatic rings. The van der Waals surface area contributed by atoms with Gasteiger partial charge in [0, 0.05) is 26.2 Å². The molecule has 1 heterocycles. The molecule has 120 valence electrons. The number of urea groups is 1. The Labute approximate surface area is 125 Å². The van der Waals surface area contributed by atoms with Crippen LogP contribution in [0.3, 0.4) is 0 Å². The Morgan fingerprint density at radius 2 is 1.62 bits per heavy atom. The van der Waals surface area contributed by atoms with E-state index in [1.54, 1.807) is 4.90 Å². The first-order valence-electron chi connectivity index (χ1n) is 8.05. The zero-order valence-electron chi connectivity index (χ0n) is 12.6. The molecular formula is C15H26FN3O2. The van der Waals surface area contributed by atoms with Crippen molar-refractivity contribution in [2.75, 3.05) is 26.2 Å². The molecule has 1 atom stereocenters.